The van der Waals surface area contributed by atoms with Gasteiger partial charge in [0.25, 0.3) is 0 Å². The first-order valence-electron chi connectivity index (χ1n) is 4.23. The molecule has 0 saturated carbocycles. The van der Waals surface area contributed by atoms with Crippen LogP contribution in [0, 0.1) is 0 Å². The Morgan fingerprint density at radius 3 is 3.13 bits per heavy atom. The fourth-order valence-corrected chi connectivity index (χ4v) is 1.39. The molecule has 4 nitrogen and oxygen atoms in total. The molecule has 0 bridgehead atoms. The van der Waals surface area contributed by atoms with Gasteiger partial charge in [-0.25, -0.2) is 4.98 Å². The summed E-state index contributed by atoms with van der Waals surface area (Å²) in [5.41, 5.74) is 0.559. The standard InChI is InChI=1S/C9H10BrClN2O2/c1-15-3-2-8(14)13-7-4-6(11)5-12-9(7)10/h4-5H,2-3H2,1H3,(H,13,14). The molecule has 0 aliphatic heterocycles. The summed E-state index contributed by atoms with van der Waals surface area (Å²) >= 11 is 8.96. The van der Waals surface area contributed by atoms with Crippen LogP contribution >= 0.6 is 27.5 Å². The Balaban J connectivity index is 2.63. The van der Waals surface area contributed by atoms with E-state index in [-0.39, 0.29) is 5.91 Å². The van der Waals surface area contributed by atoms with Crippen molar-refractivity contribution in [1.82, 2.24) is 4.98 Å². The third kappa shape index (κ3) is 4.15. The Kier molecular flexibility index (Phi) is 5.01. The lowest BCUT2D eigenvalue weighted by molar-refractivity contribution is -0.117. The van der Waals surface area contributed by atoms with Gasteiger partial charge in [-0.3, -0.25) is 4.79 Å². The number of anilines is 1. The summed E-state index contributed by atoms with van der Waals surface area (Å²) in [6.45, 7) is 0.386. The van der Waals surface area contributed by atoms with Crippen LogP contribution in [0.5, 0.6) is 0 Å². The van der Waals surface area contributed by atoms with E-state index in [1.807, 2.05) is 0 Å². The Labute approximate surface area is 101 Å². The Morgan fingerprint density at radius 2 is 2.47 bits per heavy atom. The molecule has 6 heteroatoms. The lowest BCUT2D eigenvalue weighted by Crippen LogP contribution is -2.14. The minimum atomic E-state index is -0.137. The van der Waals surface area contributed by atoms with E-state index in [0.717, 1.165) is 0 Å². The first-order chi connectivity index (χ1) is 7.13. The van der Waals surface area contributed by atoms with E-state index in [0.29, 0.717) is 28.3 Å². The number of nitrogens with one attached hydrogen (secondary N) is 1. The lowest BCUT2D eigenvalue weighted by atomic mass is 10.3. The van der Waals surface area contributed by atoms with Gasteiger partial charge in [0.2, 0.25) is 5.91 Å². The number of aromatic nitrogens is 1. The molecule has 82 valence electrons. The van der Waals surface area contributed by atoms with Crippen molar-refractivity contribution in [1.29, 1.82) is 0 Å². The highest BCUT2D eigenvalue weighted by Crippen LogP contribution is 2.23. The quantitative estimate of drug-likeness (QED) is 0.868. The summed E-state index contributed by atoms with van der Waals surface area (Å²) in [6.07, 6.45) is 1.80. The largest absolute Gasteiger partial charge is 0.384 e. The second-order valence-corrected chi connectivity index (χ2v) is 3.97. The topological polar surface area (TPSA) is 51.2 Å². The predicted molar refractivity (Wildman–Crippen MR) is 62.1 cm³/mol. The number of hydrogen-bond donors (Lipinski definition) is 1. The van der Waals surface area contributed by atoms with Gasteiger partial charge in [0.05, 0.1) is 23.7 Å². The van der Waals surface area contributed by atoms with Crippen LogP contribution in [0.4, 0.5) is 5.69 Å². The minimum absolute atomic E-state index is 0.137. The molecule has 1 aromatic rings. The van der Waals surface area contributed by atoms with Crippen molar-refractivity contribution in [3.63, 3.8) is 0 Å². The average Bonchev–Trinajstić information content (AvgIpc) is 2.20. The first-order valence-corrected chi connectivity index (χ1v) is 5.40. The molecule has 0 spiro atoms. The van der Waals surface area contributed by atoms with Crippen LogP contribution in [0.25, 0.3) is 0 Å². The van der Waals surface area contributed by atoms with E-state index >= 15 is 0 Å². The zero-order valence-electron chi connectivity index (χ0n) is 8.09. The molecule has 1 N–H and O–H groups in total. The maximum absolute atomic E-state index is 11.4. The molecule has 0 radical (unpaired) electrons. The van der Waals surface area contributed by atoms with Crippen LogP contribution < -0.4 is 5.32 Å². The molecule has 0 aromatic carbocycles. The molecule has 1 heterocycles. The first kappa shape index (κ1) is 12.4. The van der Waals surface area contributed by atoms with Gasteiger partial charge in [-0.15, -0.1) is 0 Å². The van der Waals surface area contributed by atoms with Crippen LogP contribution in [0.1, 0.15) is 6.42 Å². The molecular weight excluding hydrogens is 283 g/mol. The van der Waals surface area contributed by atoms with Gasteiger partial charge in [0, 0.05) is 13.3 Å². The van der Waals surface area contributed by atoms with Crippen LogP contribution in [-0.4, -0.2) is 24.6 Å². The Hall–Kier alpha value is -0.650. The van der Waals surface area contributed by atoms with E-state index < -0.39 is 0 Å². The highest BCUT2D eigenvalue weighted by molar-refractivity contribution is 9.10. The molecule has 0 atom stereocenters. The molecule has 1 rings (SSSR count). The second-order valence-electron chi connectivity index (χ2n) is 2.78. The molecule has 1 aromatic heterocycles. The van der Waals surface area contributed by atoms with Gasteiger partial charge in [-0.2, -0.15) is 0 Å². The summed E-state index contributed by atoms with van der Waals surface area (Å²) in [4.78, 5) is 15.3. The van der Waals surface area contributed by atoms with Crippen molar-refractivity contribution in [2.24, 2.45) is 0 Å². The number of amides is 1. The van der Waals surface area contributed by atoms with E-state index in [9.17, 15) is 4.79 Å². The van der Waals surface area contributed by atoms with Gasteiger partial charge in [0.1, 0.15) is 4.60 Å². The summed E-state index contributed by atoms with van der Waals surface area (Å²) in [5, 5.41) is 3.15. The molecule has 0 aliphatic carbocycles. The predicted octanol–water partition coefficient (Wildman–Crippen LogP) is 2.47. The van der Waals surface area contributed by atoms with Gasteiger partial charge >= 0.3 is 0 Å². The molecule has 0 aliphatic rings. The number of carbonyl (C=O) groups excluding carboxylic acids is 1. The number of halogens is 2. The third-order valence-electron chi connectivity index (χ3n) is 1.61. The zero-order valence-corrected chi connectivity index (χ0v) is 10.4. The SMILES string of the molecule is COCCC(=O)Nc1cc(Cl)cnc1Br. The van der Waals surface area contributed by atoms with Crippen molar-refractivity contribution >= 4 is 39.1 Å². The van der Waals surface area contributed by atoms with Gasteiger partial charge in [-0.05, 0) is 22.0 Å². The number of rotatable bonds is 4. The summed E-state index contributed by atoms with van der Waals surface area (Å²) in [6, 6.07) is 1.63. The zero-order chi connectivity index (χ0) is 11.3. The van der Waals surface area contributed by atoms with E-state index in [1.54, 1.807) is 13.2 Å². The van der Waals surface area contributed by atoms with Crippen molar-refractivity contribution in [2.75, 3.05) is 19.0 Å². The second kappa shape index (κ2) is 6.05. The van der Waals surface area contributed by atoms with Gasteiger partial charge in [0.15, 0.2) is 0 Å². The summed E-state index contributed by atoms with van der Waals surface area (Å²) < 4.78 is 5.34. The Bertz CT molecular complexity index is 360. The number of nitrogens with zero attached hydrogens (tertiary/aromatic N) is 1. The maximum atomic E-state index is 11.4. The molecule has 0 saturated heterocycles. The molecular formula is C9H10BrClN2O2. The van der Waals surface area contributed by atoms with Crippen molar-refractivity contribution < 1.29 is 9.53 Å². The molecule has 0 unspecified atom stereocenters. The fraction of sp³-hybridized carbons (Fsp3) is 0.333. The monoisotopic (exact) mass is 292 g/mol. The number of methoxy groups -OCH3 is 1. The minimum Gasteiger partial charge on any atom is -0.384 e. The number of ether oxygens (including phenoxy) is 1. The lowest BCUT2D eigenvalue weighted by Gasteiger charge is -2.06. The van der Waals surface area contributed by atoms with E-state index in [1.165, 1.54) is 6.20 Å². The molecule has 0 fully saturated rings. The Morgan fingerprint density at radius 1 is 1.73 bits per heavy atom. The maximum Gasteiger partial charge on any atom is 0.226 e. The smallest absolute Gasteiger partial charge is 0.226 e. The van der Waals surface area contributed by atoms with Gasteiger partial charge in [-0.1, -0.05) is 11.6 Å². The van der Waals surface area contributed by atoms with E-state index in [4.69, 9.17) is 16.3 Å². The molecule has 15 heavy (non-hydrogen) atoms. The summed E-state index contributed by atoms with van der Waals surface area (Å²) in [7, 11) is 1.55. The number of hydrogen-bond acceptors (Lipinski definition) is 3. The summed E-state index contributed by atoms with van der Waals surface area (Å²) in [5.74, 6) is -0.137. The van der Waals surface area contributed by atoms with Crippen LogP contribution in [0.2, 0.25) is 5.02 Å². The normalized spacial score (nSPS) is 10.1. The fourth-order valence-electron chi connectivity index (χ4n) is 0.918. The van der Waals surface area contributed by atoms with Crippen molar-refractivity contribution in [3.8, 4) is 0 Å². The van der Waals surface area contributed by atoms with Crippen LogP contribution in [0.3, 0.4) is 0 Å². The van der Waals surface area contributed by atoms with E-state index in [2.05, 4.69) is 26.2 Å². The number of pyridine rings is 1. The highest BCUT2D eigenvalue weighted by Gasteiger charge is 2.06. The third-order valence-corrected chi connectivity index (χ3v) is 2.45. The van der Waals surface area contributed by atoms with Crippen LogP contribution in [-0.2, 0) is 9.53 Å². The molecule has 1 amide bonds. The highest BCUT2D eigenvalue weighted by atomic mass is 79.9. The number of carbonyl (C=O) groups is 1. The average molecular weight is 294 g/mol. The van der Waals surface area contributed by atoms with Crippen LogP contribution in [0.15, 0.2) is 16.9 Å². The van der Waals surface area contributed by atoms with Crippen molar-refractivity contribution in [2.45, 2.75) is 6.42 Å². The van der Waals surface area contributed by atoms with Gasteiger partial charge < -0.3 is 10.1 Å². The van der Waals surface area contributed by atoms with Crippen molar-refractivity contribution in [3.05, 3.63) is 21.9 Å².